The van der Waals surface area contributed by atoms with E-state index in [1.54, 1.807) is 7.05 Å². The van der Waals surface area contributed by atoms with Crippen LogP contribution in [0, 0.1) is 0 Å². The highest BCUT2D eigenvalue weighted by molar-refractivity contribution is 5.88. The Morgan fingerprint density at radius 1 is 1.21 bits per heavy atom. The molecule has 0 aliphatic carbocycles. The highest BCUT2D eigenvalue weighted by Crippen LogP contribution is 2.24. The van der Waals surface area contributed by atoms with Crippen molar-refractivity contribution < 1.29 is 14.6 Å². The third-order valence-corrected chi connectivity index (χ3v) is 2.96. The molecule has 4 heteroatoms. The minimum absolute atomic E-state index is 0.0233. The number of rotatable bonds is 5. The van der Waals surface area contributed by atoms with E-state index in [-0.39, 0.29) is 19.1 Å². The van der Waals surface area contributed by atoms with Crippen LogP contribution in [0.3, 0.4) is 0 Å². The Morgan fingerprint density at radius 2 is 1.95 bits per heavy atom. The molecule has 0 heterocycles. The molecular weight excluding hydrogens is 242 g/mol. The van der Waals surface area contributed by atoms with E-state index < -0.39 is 0 Å². The maximum atomic E-state index is 11.7. The number of hydrogen-bond acceptors (Lipinski definition) is 3. The maximum absolute atomic E-state index is 11.7. The van der Waals surface area contributed by atoms with Gasteiger partial charge < -0.3 is 14.7 Å². The largest absolute Gasteiger partial charge is 0.483 e. The van der Waals surface area contributed by atoms with Crippen LogP contribution in [-0.4, -0.2) is 42.7 Å². The first-order valence-electron chi connectivity index (χ1n) is 6.18. The zero-order valence-electron chi connectivity index (χ0n) is 10.9. The molecule has 0 bridgehead atoms. The van der Waals surface area contributed by atoms with Crippen molar-refractivity contribution in [3.8, 4) is 5.75 Å². The quantitative estimate of drug-likeness (QED) is 0.888. The molecule has 0 saturated carbocycles. The first kappa shape index (κ1) is 13.4. The van der Waals surface area contributed by atoms with E-state index in [4.69, 9.17) is 9.84 Å². The van der Waals surface area contributed by atoms with Crippen molar-refractivity contribution in [3.05, 3.63) is 42.5 Å². The average Bonchev–Trinajstić information content (AvgIpc) is 2.45. The van der Waals surface area contributed by atoms with Gasteiger partial charge in [0.15, 0.2) is 6.61 Å². The van der Waals surface area contributed by atoms with E-state index in [9.17, 15) is 4.79 Å². The van der Waals surface area contributed by atoms with Gasteiger partial charge in [0.2, 0.25) is 0 Å². The number of ether oxygens (including phenoxy) is 1. The minimum Gasteiger partial charge on any atom is -0.483 e. The summed E-state index contributed by atoms with van der Waals surface area (Å²) in [5.74, 6) is 0.547. The van der Waals surface area contributed by atoms with Crippen LogP contribution in [0.5, 0.6) is 5.75 Å². The number of likely N-dealkylation sites (N-methyl/N-ethyl adjacent to an activating group) is 1. The predicted molar refractivity (Wildman–Crippen MR) is 74.2 cm³/mol. The number of carbonyl (C=O) groups is 1. The number of aliphatic hydroxyl groups is 1. The van der Waals surface area contributed by atoms with Gasteiger partial charge in [-0.25, -0.2) is 0 Å². The first-order chi connectivity index (χ1) is 9.22. The molecule has 0 fully saturated rings. The predicted octanol–water partition coefficient (Wildman–Crippen LogP) is 1.67. The number of benzene rings is 2. The van der Waals surface area contributed by atoms with Gasteiger partial charge in [-0.05, 0) is 11.5 Å². The molecule has 2 aromatic carbocycles. The van der Waals surface area contributed by atoms with Crippen molar-refractivity contribution in [2.75, 3.05) is 26.8 Å². The van der Waals surface area contributed by atoms with E-state index in [1.807, 2.05) is 42.5 Å². The molecule has 0 radical (unpaired) electrons. The van der Waals surface area contributed by atoms with Gasteiger partial charge in [0.05, 0.1) is 6.61 Å². The lowest BCUT2D eigenvalue weighted by molar-refractivity contribution is -0.132. The number of amides is 1. The van der Waals surface area contributed by atoms with Crippen LogP contribution in [0.2, 0.25) is 0 Å². The van der Waals surface area contributed by atoms with Crippen LogP contribution in [0.4, 0.5) is 0 Å². The minimum atomic E-state index is -0.151. The fourth-order valence-corrected chi connectivity index (χ4v) is 1.85. The molecule has 19 heavy (non-hydrogen) atoms. The van der Waals surface area contributed by atoms with Crippen molar-refractivity contribution in [2.45, 2.75) is 0 Å². The van der Waals surface area contributed by atoms with Crippen LogP contribution >= 0.6 is 0 Å². The van der Waals surface area contributed by atoms with Crippen molar-refractivity contribution in [1.29, 1.82) is 0 Å². The van der Waals surface area contributed by atoms with E-state index in [0.717, 1.165) is 10.8 Å². The van der Waals surface area contributed by atoms with Crippen molar-refractivity contribution >= 4 is 16.7 Å². The Kier molecular flexibility index (Phi) is 4.36. The fraction of sp³-hybridized carbons (Fsp3) is 0.267. The van der Waals surface area contributed by atoms with Gasteiger partial charge in [-0.15, -0.1) is 0 Å². The van der Waals surface area contributed by atoms with Gasteiger partial charge in [-0.2, -0.15) is 0 Å². The van der Waals surface area contributed by atoms with Crippen LogP contribution in [0.25, 0.3) is 10.8 Å². The first-order valence-corrected chi connectivity index (χ1v) is 6.18. The Bertz CT molecular complexity index is 563. The summed E-state index contributed by atoms with van der Waals surface area (Å²) < 4.78 is 5.58. The summed E-state index contributed by atoms with van der Waals surface area (Å²) in [5.41, 5.74) is 0. The van der Waals surface area contributed by atoms with Crippen LogP contribution in [-0.2, 0) is 4.79 Å². The summed E-state index contributed by atoms with van der Waals surface area (Å²) in [6, 6.07) is 13.6. The molecule has 2 rings (SSSR count). The summed E-state index contributed by atoms with van der Waals surface area (Å²) in [6.07, 6.45) is 0. The second-order valence-electron chi connectivity index (χ2n) is 4.30. The molecule has 100 valence electrons. The molecule has 0 saturated heterocycles. The summed E-state index contributed by atoms with van der Waals surface area (Å²) >= 11 is 0. The topological polar surface area (TPSA) is 49.8 Å². The van der Waals surface area contributed by atoms with Gasteiger partial charge >= 0.3 is 0 Å². The zero-order chi connectivity index (χ0) is 13.7. The van der Waals surface area contributed by atoms with E-state index in [2.05, 4.69) is 0 Å². The average molecular weight is 259 g/mol. The van der Waals surface area contributed by atoms with Gasteiger partial charge in [-0.1, -0.05) is 36.4 Å². The Morgan fingerprint density at radius 3 is 2.74 bits per heavy atom. The molecule has 4 nitrogen and oxygen atoms in total. The third kappa shape index (κ3) is 3.23. The van der Waals surface area contributed by atoms with E-state index in [1.165, 1.54) is 4.90 Å². The van der Waals surface area contributed by atoms with Gasteiger partial charge in [0, 0.05) is 19.0 Å². The third-order valence-electron chi connectivity index (χ3n) is 2.96. The SMILES string of the molecule is CN(CCO)C(=O)COc1cccc2ccccc12. The monoisotopic (exact) mass is 259 g/mol. The Balaban J connectivity index is 2.08. The lowest BCUT2D eigenvalue weighted by atomic mass is 10.1. The van der Waals surface area contributed by atoms with Crippen LogP contribution in [0.1, 0.15) is 0 Å². The molecule has 0 atom stereocenters. The van der Waals surface area contributed by atoms with E-state index >= 15 is 0 Å². The Labute approximate surface area is 112 Å². The normalized spacial score (nSPS) is 10.4. The summed E-state index contributed by atoms with van der Waals surface area (Å²) in [7, 11) is 1.64. The standard InChI is InChI=1S/C15H17NO3/c1-16(9-10-17)15(18)11-19-14-8-4-6-12-5-2-3-7-13(12)14/h2-8,17H,9-11H2,1H3. The molecule has 0 aliphatic heterocycles. The van der Waals surface area contributed by atoms with Crippen LogP contribution < -0.4 is 4.74 Å². The molecule has 2 aromatic rings. The summed E-state index contributed by atoms with van der Waals surface area (Å²) in [6.45, 7) is 0.249. The van der Waals surface area contributed by atoms with Gasteiger partial charge in [0.1, 0.15) is 5.75 Å². The number of nitrogens with zero attached hydrogens (tertiary/aromatic N) is 1. The molecule has 0 spiro atoms. The zero-order valence-corrected chi connectivity index (χ0v) is 10.9. The van der Waals surface area contributed by atoms with E-state index in [0.29, 0.717) is 12.3 Å². The van der Waals surface area contributed by atoms with Gasteiger partial charge in [-0.3, -0.25) is 4.79 Å². The molecular formula is C15H17NO3. The number of hydrogen-bond donors (Lipinski definition) is 1. The molecule has 1 amide bonds. The van der Waals surface area contributed by atoms with Crippen molar-refractivity contribution in [2.24, 2.45) is 0 Å². The molecule has 0 unspecified atom stereocenters. The molecule has 0 aromatic heterocycles. The highest BCUT2D eigenvalue weighted by atomic mass is 16.5. The smallest absolute Gasteiger partial charge is 0.260 e. The number of aliphatic hydroxyl groups excluding tert-OH is 1. The van der Waals surface area contributed by atoms with Crippen molar-refractivity contribution in [3.63, 3.8) is 0 Å². The highest BCUT2D eigenvalue weighted by Gasteiger charge is 2.09. The lowest BCUT2D eigenvalue weighted by Crippen LogP contribution is -2.33. The summed E-state index contributed by atoms with van der Waals surface area (Å²) in [5, 5.41) is 10.8. The summed E-state index contributed by atoms with van der Waals surface area (Å²) in [4.78, 5) is 13.2. The lowest BCUT2D eigenvalue weighted by Gasteiger charge is -2.16. The van der Waals surface area contributed by atoms with Gasteiger partial charge in [0.25, 0.3) is 5.91 Å². The molecule has 0 aliphatic rings. The Hall–Kier alpha value is -2.07. The van der Waals surface area contributed by atoms with Crippen LogP contribution in [0.15, 0.2) is 42.5 Å². The number of carbonyl (C=O) groups excluding carboxylic acids is 1. The second kappa shape index (κ2) is 6.20. The molecule has 1 N–H and O–H groups in total. The van der Waals surface area contributed by atoms with Crippen molar-refractivity contribution in [1.82, 2.24) is 4.90 Å². The number of fused-ring (bicyclic) bond motifs is 1. The fourth-order valence-electron chi connectivity index (χ4n) is 1.85. The second-order valence-corrected chi connectivity index (χ2v) is 4.30. The maximum Gasteiger partial charge on any atom is 0.260 e.